The van der Waals surface area contributed by atoms with Gasteiger partial charge in [-0.3, -0.25) is 4.79 Å². The summed E-state index contributed by atoms with van der Waals surface area (Å²) in [4.78, 5) is 11.2. The Morgan fingerprint density at radius 3 is 2.92 bits per heavy atom. The van der Waals surface area contributed by atoms with E-state index in [1.165, 1.54) is 19.4 Å². The van der Waals surface area contributed by atoms with Crippen molar-refractivity contribution in [1.82, 2.24) is 5.32 Å². The van der Waals surface area contributed by atoms with Crippen LogP contribution in [0.1, 0.15) is 32.6 Å². The van der Waals surface area contributed by atoms with E-state index in [1.54, 1.807) is 6.92 Å². The van der Waals surface area contributed by atoms with Crippen LogP contribution in [0.15, 0.2) is 0 Å². The molecule has 68 valence electrons. The molecule has 0 aromatic heterocycles. The Morgan fingerprint density at radius 1 is 1.33 bits per heavy atom. The molecule has 0 spiro atoms. The highest BCUT2D eigenvalue weighted by Gasteiger charge is 2.34. The van der Waals surface area contributed by atoms with E-state index < -0.39 is 0 Å². The lowest BCUT2D eigenvalue weighted by atomic mass is 9.77. The van der Waals surface area contributed by atoms with Crippen LogP contribution in [0.25, 0.3) is 0 Å². The second-order valence-corrected chi connectivity index (χ2v) is 4.23. The number of nitrogens with one attached hydrogen (secondary N) is 1. The van der Waals surface area contributed by atoms with Gasteiger partial charge in [-0.2, -0.15) is 0 Å². The van der Waals surface area contributed by atoms with Crippen LogP contribution in [0, 0.1) is 11.8 Å². The highest BCUT2D eigenvalue weighted by atomic mass is 16.1. The predicted molar refractivity (Wildman–Crippen MR) is 47.9 cm³/mol. The molecular weight excluding hydrogens is 150 g/mol. The zero-order valence-corrected chi connectivity index (χ0v) is 7.68. The molecule has 3 atom stereocenters. The number of hydrogen-bond donors (Lipinski definition) is 1. The van der Waals surface area contributed by atoms with Gasteiger partial charge < -0.3 is 5.32 Å². The van der Waals surface area contributed by atoms with Crippen molar-refractivity contribution in [1.29, 1.82) is 0 Å². The van der Waals surface area contributed by atoms with Crippen LogP contribution in [-0.4, -0.2) is 18.4 Å². The molecule has 1 aliphatic carbocycles. The van der Waals surface area contributed by atoms with E-state index in [2.05, 4.69) is 5.32 Å². The van der Waals surface area contributed by atoms with Crippen LogP contribution in [0.5, 0.6) is 0 Å². The second kappa shape index (κ2) is 3.17. The van der Waals surface area contributed by atoms with Crippen molar-refractivity contribution in [2.75, 3.05) is 6.54 Å². The van der Waals surface area contributed by atoms with E-state index in [9.17, 15) is 4.79 Å². The summed E-state index contributed by atoms with van der Waals surface area (Å²) in [5.74, 6) is 1.62. The van der Waals surface area contributed by atoms with Crippen molar-refractivity contribution in [2.24, 2.45) is 11.8 Å². The van der Waals surface area contributed by atoms with Gasteiger partial charge >= 0.3 is 0 Å². The van der Waals surface area contributed by atoms with Gasteiger partial charge in [0.2, 0.25) is 0 Å². The number of fused-ring (bicyclic) bond motifs is 1. The zero-order chi connectivity index (χ0) is 8.55. The number of Topliss-reactive ketones (excluding diaryl/α,β-unsaturated/α-hetero) is 1. The Bertz CT molecular complexity index is 190. The van der Waals surface area contributed by atoms with Crippen LogP contribution in [0.4, 0.5) is 0 Å². The molecule has 0 radical (unpaired) electrons. The Kier molecular flexibility index (Phi) is 2.18. The van der Waals surface area contributed by atoms with Crippen molar-refractivity contribution < 1.29 is 4.79 Å². The number of carbonyl (C=O) groups is 1. The maximum absolute atomic E-state index is 11.2. The Morgan fingerprint density at radius 2 is 2.17 bits per heavy atom. The fourth-order valence-electron chi connectivity index (χ4n) is 2.65. The van der Waals surface area contributed by atoms with Gasteiger partial charge in [-0.1, -0.05) is 0 Å². The monoisotopic (exact) mass is 167 g/mol. The van der Waals surface area contributed by atoms with Gasteiger partial charge in [-0.25, -0.2) is 0 Å². The molecule has 1 saturated heterocycles. The summed E-state index contributed by atoms with van der Waals surface area (Å²) in [5.41, 5.74) is 0. The van der Waals surface area contributed by atoms with E-state index in [0.717, 1.165) is 18.8 Å². The van der Waals surface area contributed by atoms with Crippen molar-refractivity contribution in [3.63, 3.8) is 0 Å². The maximum Gasteiger partial charge on any atom is 0.132 e. The van der Waals surface area contributed by atoms with Gasteiger partial charge in [-0.15, -0.1) is 0 Å². The lowest BCUT2D eigenvalue weighted by molar-refractivity contribution is -0.122. The Balaban J connectivity index is 1.96. The smallest absolute Gasteiger partial charge is 0.132 e. The molecule has 0 amide bonds. The molecule has 2 fully saturated rings. The fraction of sp³-hybridized carbons (Fsp3) is 0.900. The number of ketones is 1. The number of rotatable bonds is 1. The number of hydrogen-bond acceptors (Lipinski definition) is 2. The molecule has 2 rings (SSSR count). The Hall–Kier alpha value is -0.370. The summed E-state index contributed by atoms with van der Waals surface area (Å²) in [6, 6.07) is 0.660. The highest BCUT2D eigenvalue weighted by molar-refractivity contribution is 5.78. The molecule has 2 nitrogen and oxygen atoms in total. The second-order valence-electron chi connectivity index (χ2n) is 4.23. The van der Waals surface area contributed by atoms with E-state index in [-0.39, 0.29) is 0 Å². The molecule has 0 aromatic rings. The topological polar surface area (TPSA) is 29.1 Å². The highest BCUT2D eigenvalue weighted by Crippen LogP contribution is 2.34. The van der Waals surface area contributed by atoms with Crippen molar-refractivity contribution in [2.45, 2.75) is 38.6 Å². The zero-order valence-electron chi connectivity index (χ0n) is 7.68. The first-order valence-electron chi connectivity index (χ1n) is 5.01. The molecule has 1 heterocycles. The average molecular weight is 167 g/mol. The predicted octanol–water partition coefficient (Wildman–Crippen LogP) is 1.35. The van der Waals surface area contributed by atoms with Crippen LogP contribution in [-0.2, 0) is 4.79 Å². The first-order chi connectivity index (χ1) is 5.77. The molecule has 0 bridgehead atoms. The van der Waals surface area contributed by atoms with Gasteiger partial charge in [0.25, 0.3) is 0 Å². The van der Waals surface area contributed by atoms with Gasteiger partial charge in [-0.05, 0) is 45.1 Å². The third kappa shape index (κ3) is 1.40. The lowest BCUT2D eigenvalue weighted by Gasteiger charge is -2.30. The summed E-state index contributed by atoms with van der Waals surface area (Å²) in [6.07, 6.45) is 4.83. The maximum atomic E-state index is 11.2. The van der Waals surface area contributed by atoms with Gasteiger partial charge in [0.05, 0.1) is 0 Å². The van der Waals surface area contributed by atoms with Crippen LogP contribution in [0.2, 0.25) is 0 Å². The minimum absolute atomic E-state index is 0.358. The first-order valence-corrected chi connectivity index (χ1v) is 5.01. The van der Waals surface area contributed by atoms with Gasteiger partial charge in [0.1, 0.15) is 5.78 Å². The van der Waals surface area contributed by atoms with E-state index in [1.807, 2.05) is 0 Å². The van der Waals surface area contributed by atoms with Crippen molar-refractivity contribution >= 4 is 5.78 Å². The van der Waals surface area contributed by atoms with Crippen molar-refractivity contribution in [3.05, 3.63) is 0 Å². The summed E-state index contributed by atoms with van der Waals surface area (Å²) >= 11 is 0. The number of carbonyl (C=O) groups excluding carboxylic acids is 1. The fourth-order valence-corrected chi connectivity index (χ4v) is 2.65. The summed E-state index contributed by atoms with van der Waals surface area (Å²) < 4.78 is 0. The minimum Gasteiger partial charge on any atom is -0.314 e. The quantitative estimate of drug-likeness (QED) is 0.638. The van der Waals surface area contributed by atoms with Crippen molar-refractivity contribution in [3.8, 4) is 0 Å². The largest absolute Gasteiger partial charge is 0.314 e. The van der Waals surface area contributed by atoms with Crippen LogP contribution in [0.3, 0.4) is 0 Å². The van der Waals surface area contributed by atoms with Gasteiger partial charge in [0, 0.05) is 12.0 Å². The molecule has 2 heteroatoms. The average Bonchev–Trinajstić information content (AvgIpc) is 2.49. The summed E-state index contributed by atoms with van der Waals surface area (Å²) in [6.45, 7) is 2.90. The SMILES string of the molecule is CC(=O)C1CCC2CCNC2C1. The van der Waals surface area contributed by atoms with E-state index in [0.29, 0.717) is 17.7 Å². The first kappa shape index (κ1) is 8.24. The molecule has 0 aromatic carbocycles. The molecule has 3 unspecified atom stereocenters. The molecule has 1 aliphatic heterocycles. The third-order valence-electron chi connectivity index (χ3n) is 3.49. The molecule has 1 saturated carbocycles. The van der Waals surface area contributed by atoms with E-state index in [4.69, 9.17) is 0 Å². The Labute approximate surface area is 73.7 Å². The lowest BCUT2D eigenvalue weighted by Crippen LogP contribution is -2.35. The summed E-state index contributed by atoms with van der Waals surface area (Å²) in [5, 5.41) is 3.49. The van der Waals surface area contributed by atoms with Crippen LogP contribution >= 0.6 is 0 Å². The normalized spacial score (nSPS) is 40.9. The molecule has 12 heavy (non-hydrogen) atoms. The third-order valence-corrected chi connectivity index (χ3v) is 3.49. The summed E-state index contributed by atoms with van der Waals surface area (Å²) in [7, 11) is 0. The molecule has 1 N–H and O–H groups in total. The van der Waals surface area contributed by atoms with E-state index >= 15 is 0 Å². The van der Waals surface area contributed by atoms with Gasteiger partial charge in [0.15, 0.2) is 0 Å². The molecular formula is C10H17NO. The standard InChI is InChI=1S/C10H17NO/c1-7(12)9-3-2-8-4-5-11-10(8)6-9/h8-11H,2-6H2,1H3. The molecule has 2 aliphatic rings. The van der Waals surface area contributed by atoms with Crippen LogP contribution < -0.4 is 5.32 Å². The minimum atomic E-state index is 0.358.